The molecule has 0 bridgehead atoms. The molecule has 0 unspecified atom stereocenters. The lowest BCUT2D eigenvalue weighted by Gasteiger charge is -2.24. The van der Waals surface area contributed by atoms with Crippen LogP contribution in [0.4, 0.5) is 0 Å². The van der Waals surface area contributed by atoms with Gasteiger partial charge in [-0.25, -0.2) is 0 Å². The second-order valence-corrected chi connectivity index (χ2v) is 9.02. The first-order valence-corrected chi connectivity index (χ1v) is 12.4. The molecule has 0 spiro atoms. The Kier molecular flexibility index (Phi) is 9.95. The molecule has 1 fully saturated rings. The van der Waals surface area contributed by atoms with Gasteiger partial charge in [-0.05, 0) is 72.1 Å². The molecule has 3 rings (SSSR count). The number of aliphatic carboxylic acids is 1. The summed E-state index contributed by atoms with van der Waals surface area (Å²) in [5.74, 6) is 0.764. The Morgan fingerprint density at radius 1 is 1.12 bits per heavy atom. The van der Waals surface area contributed by atoms with Gasteiger partial charge >= 0.3 is 5.97 Å². The summed E-state index contributed by atoms with van der Waals surface area (Å²) < 4.78 is 5.69. The summed E-state index contributed by atoms with van der Waals surface area (Å²) in [7, 11) is 1.74. The third kappa shape index (κ3) is 7.32. The van der Waals surface area contributed by atoms with Crippen LogP contribution in [0.15, 0.2) is 41.6 Å². The molecular formula is C28H38N2O4. The van der Waals surface area contributed by atoms with Gasteiger partial charge in [-0.1, -0.05) is 55.6 Å². The molecule has 34 heavy (non-hydrogen) atoms. The molecule has 2 N–H and O–H groups in total. The fraction of sp³-hybridized carbons (Fsp3) is 0.500. The zero-order valence-corrected chi connectivity index (χ0v) is 20.7. The molecule has 6 nitrogen and oxygen atoms in total. The van der Waals surface area contributed by atoms with Crippen molar-refractivity contribution in [3.63, 3.8) is 0 Å². The standard InChI is InChI=1S/C28H38N2O4/c1-4-22-17-24(11-12-25(22)18-29-15-14-28(31)32)20(2)30-34-19-21-10-13-26(27(16-21)33-3)23-8-6-5-7-9-23/h10-13,16-17,23,29H,4-9,14-15,18-19H2,1-3H3,(H,31,32). The predicted octanol–water partition coefficient (Wildman–Crippen LogP) is 5.81. The van der Waals surface area contributed by atoms with E-state index in [9.17, 15) is 4.79 Å². The highest BCUT2D eigenvalue weighted by Crippen LogP contribution is 2.37. The topological polar surface area (TPSA) is 80.2 Å². The normalized spacial score (nSPS) is 14.7. The zero-order chi connectivity index (χ0) is 24.3. The van der Waals surface area contributed by atoms with Crippen molar-refractivity contribution in [2.45, 2.75) is 77.9 Å². The summed E-state index contributed by atoms with van der Waals surface area (Å²) >= 11 is 0. The highest BCUT2D eigenvalue weighted by molar-refractivity contribution is 5.98. The van der Waals surface area contributed by atoms with Crippen molar-refractivity contribution in [1.82, 2.24) is 5.32 Å². The molecule has 0 aliphatic heterocycles. The van der Waals surface area contributed by atoms with Crippen LogP contribution >= 0.6 is 0 Å². The van der Waals surface area contributed by atoms with Crippen molar-refractivity contribution in [2.75, 3.05) is 13.7 Å². The summed E-state index contributed by atoms with van der Waals surface area (Å²) in [5.41, 5.74) is 6.61. The molecule has 0 amide bonds. The van der Waals surface area contributed by atoms with Crippen molar-refractivity contribution >= 4 is 11.7 Å². The highest BCUT2D eigenvalue weighted by atomic mass is 16.6. The largest absolute Gasteiger partial charge is 0.496 e. The summed E-state index contributed by atoms with van der Waals surface area (Å²) in [6.07, 6.45) is 7.44. The van der Waals surface area contributed by atoms with Crippen LogP contribution in [-0.2, 0) is 29.2 Å². The van der Waals surface area contributed by atoms with Gasteiger partial charge < -0.3 is 20.0 Å². The molecule has 184 valence electrons. The number of benzene rings is 2. The summed E-state index contributed by atoms with van der Waals surface area (Å²) in [4.78, 5) is 16.4. The van der Waals surface area contributed by atoms with E-state index < -0.39 is 5.97 Å². The average molecular weight is 467 g/mol. The highest BCUT2D eigenvalue weighted by Gasteiger charge is 2.19. The van der Waals surface area contributed by atoms with E-state index in [1.807, 2.05) is 13.0 Å². The molecule has 2 aromatic rings. The number of oxime groups is 1. The number of hydrogen-bond acceptors (Lipinski definition) is 5. The Balaban J connectivity index is 1.59. The molecule has 1 aliphatic rings. The van der Waals surface area contributed by atoms with E-state index in [2.05, 4.69) is 47.7 Å². The van der Waals surface area contributed by atoms with E-state index in [1.54, 1.807) is 7.11 Å². The van der Waals surface area contributed by atoms with E-state index >= 15 is 0 Å². The summed E-state index contributed by atoms with van der Waals surface area (Å²) in [6, 6.07) is 12.7. The summed E-state index contributed by atoms with van der Waals surface area (Å²) in [5, 5.41) is 16.3. The number of carbonyl (C=O) groups is 1. The smallest absolute Gasteiger partial charge is 0.304 e. The minimum Gasteiger partial charge on any atom is -0.496 e. The molecule has 0 saturated heterocycles. The number of hydrogen-bond donors (Lipinski definition) is 2. The second kappa shape index (κ2) is 13.1. The Labute approximate surface area is 203 Å². The van der Waals surface area contributed by atoms with Gasteiger partial charge in [0.25, 0.3) is 0 Å². The number of nitrogens with one attached hydrogen (secondary N) is 1. The molecule has 1 saturated carbocycles. The monoisotopic (exact) mass is 466 g/mol. The number of rotatable bonds is 12. The number of methoxy groups -OCH3 is 1. The van der Waals surface area contributed by atoms with Gasteiger partial charge in [0.05, 0.1) is 19.2 Å². The van der Waals surface area contributed by atoms with Gasteiger partial charge in [-0.15, -0.1) is 0 Å². The Hall–Kier alpha value is -2.86. The average Bonchev–Trinajstić information content (AvgIpc) is 2.86. The Morgan fingerprint density at radius 3 is 2.62 bits per heavy atom. The SMILES string of the molecule is CCc1cc(C(C)=NOCc2ccc(C3CCCCC3)c(OC)c2)ccc1CNCCC(=O)O. The predicted molar refractivity (Wildman–Crippen MR) is 136 cm³/mol. The minimum atomic E-state index is -0.788. The first kappa shape index (κ1) is 25.8. The first-order valence-electron chi connectivity index (χ1n) is 12.4. The van der Waals surface area contributed by atoms with Crippen molar-refractivity contribution in [3.05, 3.63) is 64.2 Å². The molecule has 0 aromatic heterocycles. The first-order chi connectivity index (χ1) is 16.5. The lowest BCUT2D eigenvalue weighted by atomic mass is 9.83. The van der Waals surface area contributed by atoms with Crippen LogP contribution in [0.25, 0.3) is 0 Å². The van der Waals surface area contributed by atoms with E-state index in [-0.39, 0.29) is 6.42 Å². The van der Waals surface area contributed by atoms with Crippen molar-refractivity contribution in [3.8, 4) is 5.75 Å². The number of aryl methyl sites for hydroxylation is 1. The fourth-order valence-corrected chi connectivity index (χ4v) is 4.62. The van der Waals surface area contributed by atoms with E-state index in [0.29, 0.717) is 25.6 Å². The van der Waals surface area contributed by atoms with Gasteiger partial charge in [-0.3, -0.25) is 4.79 Å². The molecule has 2 aromatic carbocycles. The molecule has 0 heterocycles. The quantitative estimate of drug-likeness (QED) is 0.234. The minimum absolute atomic E-state index is 0.123. The lowest BCUT2D eigenvalue weighted by Crippen LogP contribution is -2.18. The Bertz CT molecular complexity index is 980. The maximum absolute atomic E-state index is 10.7. The number of carboxylic acids is 1. The molecule has 6 heteroatoms. The van der Waals surface area contributed by atoms with Gasteiger partial charge in [0.15, 0.2) is 0 Å². The van der Waals surface area contributed by atoms with Gasteiger partial charge in [0.1, 0.15) is 12.4 Å². The molecule has 0 radical (unpaired) electrons. The van der Waals surface area contributed by atoms with Crippen molar-refractivity contribution < 1.29 is 19.5 Å². The Morgan fingerprint density at radius 2 is 1.91 bits per heavy atom. The van der Waals surface area contributed by atoms with Crippen LogP contribution in [0.5, 0.6) is 5.75 Å². The lowest BCUT2D eigenvalue weighted by molar-refractivity contribution is -0.136. The van der Waals surface area contributed by atoms with E-state index in [4.69, 9.17) is 14.7 Å². The molecular weight excluding hydrogens is 428 g/mol. The third-order valence-electron chi connectivity index (χ3n) is 6.61. The van der Waals surface area contributed by atoms with E-state index in [0.717, 1.165) is 29.0 Å². The van der Waals surface area contributed by atoms with Gasteiger partial charge in [0, 0.05) is 13.1 Å². The van der Waals surface area contributed by atoms with Gasteiger partial charge in [0.2, 0.25) is 0 Å². The number of nitrogens with zero attached hydrogens (tertiary/aromatic N) is 1. The molecule has 1 aliphatic carbocycles. The maximum Gasteiger partial charge on any atom is 0.304 e. The maximum atomic E-state index is 10.7. The van der Waals surface area contributed by atoms with Crippen LogP contribution in [0, 0.1) is 0 Å². The second-order valence-electron chi connectivity index (χ2n) is 9.02. The summed E-state index contributed by atoms with van der Waals surface area (Å²) in [6.45, 7) is 5.58. The molecule has 0 atom stereocenters. The fourth-order valence-electron chi connectivity index (χ4n) is 4.62. The van der Waals surface area contributed by atoms with Crippen molar-refractivity contribution in [1.29, 1.82) is 0 Å². The number of carboxylic acid groups (broad SMARTS) is 1. The van der Waals surface area contributed by atoms with Crippen molar-refractivity contribution in [2.24, 2.45) is 5.16 Å². The van der Waals surface area contributed by atoms with Crippen LogP contribution in [0.3, 0.4) is 0 Å². The van der Waals surface area contributed by atoms with Crippen LogP contribution in [0.2, 0.25) is 0 Å². The van der Waals surface area contributed by atoms with Crippen LogP contribution in [0.1, 0.15) is 86.1 Å². The third-order valence-corrected chi connectivity index (χ3v) is 6.61. The van der Waals surface area contributed by atoms with Crippen LogP contribution < -0.4 is 10.1 Å². The zero-order valence-electron chi connectivity index (χ0n) is 20.7. The number of ether oxygens (including phenoxy) is 1. The van der Waals surface area contributed by atoms with Gasteiger partial charge in [-0.2, -0.15) is 0 Å². The van der Waals surface area contributed by atoms with E-state index in [1.165, 1.54) is 48.8 Å². The van der Waals surface area contributed by atoms with Crippen LogP contribution in [-0.4, -0.2) is 30.4 Å².